The fourth-order valence-electron chi connectivity index (χ4n) is 7.56. The monoisotopic (exact) mass is 650 g/mol. The second-order valence-electron chi connectivity index (χ2n) is 12.8. The largest absolute Gasteiger partial charge is 0.309 e. The number of para-hydroxylation sites is 1. The van der Waals surface area contributed by atoms with Crippen LogP contribution in [0.15, 0.2) is 182 Å². The van der Waals surface area contributed by atoms with Gasteiger partial charge in [-0.15, -0.1) is 0 Å². The highest BCUT2D eigenvalue weighted by molar-refractivity contribution is 6.22. The maximum absolute atomic E-state index is 5.32. The lowest BCUT2D eigenvalue weighted by atomic mass is 9.94. The van der Waals surface area contributed by atoms with E-state index in [1.807, 2.05) is 18.2 Å². The molecule has 0 spiro atoms. The number of aromatic nitrogens is 4. The summed E-state index contributed by atoms with van der Waals surface area (Å²) >= 11 is 0. The van der Waals surface area contributed by atoms with Crippen LogP contribution in [-0.4, -0.2) is 19.5 Å². The van der Waals surface area contributed by atoms with Gasteiger partial charge in [0.15, 0.2) is 17.5 Å². The topological polar surface area (TPSA) is 43.6 Å². The van der Waals surface area contributed by atoms with E-state index < -0.39 is 0 Å². The summed E-state index contributed by atoms with van der Waals surface area (Å²) in [4.78, 5) is 15.7. The standard InChI is InChI=1S/C47H30N4/c1-4-15-31(16-5-1)35-29-30-39(38-24-13-12-23-37(35)38)46-48-45(33-18-6-2-7-19-33)49-47(50-46)41-25-14-26-42-43(41)40-28-27-32-17-10-11-22-36(32)44(40)51(42)34-20-8-3-9-21-34/h1-30H. The third-order valence-electron chi connectivity index (χ3n) is 9.85. The molecule has 10 aromatic rings. The highest BCUT2D eigenvalue weighted by Crippen LogP contribution is 2.42. The first-order valence-electron chi connectivity index (χ1n) is 17.2. The number of nitrogens with zero attached hydrogens (tertiary/aromatic N) is 4. The Hall–Kier alpha value is -6.91. The van der Waals surface area contributed by atoms with Crippen LogP contribution < -0.4 is 0 Å². The molecule has 0 radical (unpaired) electrons. The normalized spacial score (nSPS) is 11.5. The molecule has 8 aromatic carbocycles. The van der Waals surface area contributed by atoms with Gasteiger partial charge in [0.05, 0.1) is 11.0 Å². The lowest BCUT2D eigenvalue weighted by Crippen LogP contribution is -2.01. The molecular weight excluding hydrogens is 621 g/mol. The van der Waals surface area contributed by atoms with Crippen LogP contribution in [0.3, 0.4) is 0 Å². The second-order valence-corrected chi connectivity index (χ2v) is 12.8. The van der Waals surface area contributed by atoms with Crippen LogP contribution in [0.2, 0.25) is 0 Å². The van der Waals surface area contributed by atoms with Crippen LogP contribution in [0.25, 0.3) is 94.3 Å². The molecule has 0 bridgehead atoms. The van der Waals surface area contributed by atoms with Crippen molar-refractivity contribution in [1.29, 1.82) is 0 Å². The van der Waals surface area contributed by atoms with Gasteiger partial charge in [0.2, 0.25) is 0 Å². The maximum Gasteiger partial charge on any atom is 0.164 e. The molecule has 0 atom stereocenters. The molecule has 0 saturated carbocycles. The summed E-state index contributed by atoms with van der Waals surface area (Å²) in [6, 6.07) is 63.8. The molecule has 0 unspecified atom stereocenters. The summed E-state index contributed by atoms with van der Waals surface area (Å²) in [6.45, 7) is 0. The third kappa shape index (κ3) is 4.80. The van der Waals surface area contributed by atoms with E-state index in [0.717, 1.165) is 49.4 Å². The van der Waals surface area contributed by atoms with E-state index in [0.29, 0.717) is 17.5 Å². The van der Waals surface area contributed by atoms with Crippen molar-refractivity contribution in [2.45, 2.75) is 0 Å². The predicted octanol–water partition coefficient (Wildman–Crippen LogP) is 11.9. The molecule has 2 aromatic heterocycles. The molecule has 2 heterocycles. The zero-order valence-corrected chi connectivity index (χ0v) is 27.6. The van der Waals surface area contributed by atoms with E-state index in [9.17, 15) is 0 Å². The van der Waals surface area contributed by atoms with Crippen LogP contribution >= 0.6 is 0 Å². The van der Waals surface area contributed by atoms with E-state index in [-0.39, 0.29) is 0 Å². The van der Waals surface area contributed by atoms with Crippen molar-refractivity contribution in [3.63, 3.8) is 0 Å². The average molecular weight is 651 g/mol. The molecule has 0 saturated heterocycles. The Labute approximate surface area is 295 Å². The summed E-state index contributed by atoms with van der Waals surface area (Å²) in [5.41, 5.74) is 8.61. The van der Waals surface area contributed by atoms with Crippen LogP contribution in [0.1, 0.15) is 0 Å². The molecule has 0 N–H and O–H groups in total. The van der Waals surface area contributed by atoms with Crippen LogP contribution in [0.4, 0.5) is 0 Å². The minimum Gasteiger partial charge on any atom is -0.309 e. The van der Waals surface area contributed by atoms with Crippen molar-refractivity contribution in [2.24, 2.45) is 0 Å². The van der Waals surface area contributed by atoms with Crippen molar-refractivity contribution in [2.75, 3.05) is 0 Å². The summed E-state index contributed by atoms with van der Waals surface area (Å²) in [5.74, 6) is 1.92. The first kappa shape index (κ1) is 29.0. The molecule has 0 amide bonds. The minimum atomic E-state index is 0.640. The third-order valence-corrected chi connectivity index (χ3v) is 9.85. The molecule has 0 fully saturated rings. The molecular formula is C47H30N4. The van der Waals surface area contributed by atoms with Crippen molar-refractivity contribution in [3.05, 3.63) is 182 Å². The molecule has 4 nitrogen and oxygen atoms in total. The SMILES string of the molecule is c1ccc(-c2nc(-c3ccc(-c4ccccc4)c4ccccc34)nc(-c3cccc4c3c3ccc5ccccc5c3n4-c3ccccc3)n2)cc1. The van der Waals surface area contributed by atoms with Crippen molar-refractivity contribution in [3.8, 4) is 51.0 Å². The van der Waals surface area contributed by atoms with E-state index >= 15 is 0 Å². The lowest BCUT2D eigenvalue weighted by Gasteiger charge is -2.13. The van der Waals surface area contributed by atoms with Crippen LogP contribution in [0, 0.1) is 0 Å². The predicted molar refractivity (Wildman–Crippen MR) is 211 cm³/mol. The molecule has 238 valence electrons. The highest BCUT2D eigenvalue weighted by atomic mass is 15.0. The Bertz CT molecular complexity index is 2900. The second kappa shape index (κ2) is 11.9. The van der Waals surface area contributed by atoms with E-state index in [1.54, 1.807) is 0 Å². The number of hydrogen-bond acceptors (Lipinski definition) is 3. The van der Waals surface area contributed by atoms with Gasteiger partial charge in [0.25, 0.3) is 0 Å². The summed E-state index contributed by atoms with van der Waals surface area (Å²) in [5, 5.41) is 6.93. The zero-order chi connectivity index (χ0) is 33.7. The van der Waals surface area contributed by atoms with Gasteiger partial charge in [0.1, 0.15) is 0 Å². The van der Waals surface area contributed by atoms with Crippen LogP contribution in [-0.2, 0) is 0 Å². The van der Waals surface area contributed by atoms with Gasteiger partial charge in [-0.25, -0.2) is 15.0 Å². The smallest absolute Gasteiger partial charge is 0.164 e. The molecule has 0 aliphatic carbocycles. The summed E-state index contributed by atoms with van der Waals surface area (Å²) in [6.07, 6.45) is 0. The van der Waals surface area contributed by atoms with E-state index in [2.05, 4.69) is 168 Å². The Morgan fingerprint density at radius 1 is 0.333 bits per heavy atom. The van der Waals surface area contributed by atoms with E-state index in [4.69, 9.17) is 15.0 Å². The zero-order valence-electron chi connectivity index (χ0n) is 27.6. The maximum atomic E-state index is 5.32. The lowest BCUT2D eigenvalue weighted by molar-refractivity contribution is 1.08. The number of rotatable bonds is 5. The van der Waals surface area contributed by atoms with Gasteiger partial charge in [-0.2, -0.15) is 0 Å². The van der Waals surface area contributed by atoms with Crippen LogP contribution in [0.5, 0.6) is 0 Å². The molecule has 0 aliphatic rings. The summed E-state index contributed by atoms with van der Waals surface area (Å²) < 4.78 is 2.38. The molecule has 10 rings (SSSR count). The highest BCUT2D eigenvalue weighted by Gasteiger charge is 2.21. The Balaban J connectivity index is 1.28. The first-order valence-corrected chi connectivity index (χ1v) is 17.2. The fraction of sp³-hybridized carbons (Fsp3) is 0. The Morgan fingerprint density at radius 2 is 0.902 bits per heavy atom. The van der Waals surface area contributed by atoms with Gasteiger partial charge in [-0.05, 0) is 51.6 Å². The Kier molecular flexibility index (Phi) is 6.78. The Morgan fingerprint density at radius 3 is 1.65 bits per heavy atom. The van der Waals surface area contributed by atoms with Gasteiger partial charge >= 0.3 is 0 Å². The quantitative estimate of drug-likeness (QED) is 0.186. The van der Waals surface area contributed by atoms with Gasteiger partial charge in [0, 0.05) is 38.5 Å². The fourth-order valence-corrected chi connectivity index (χ4v) is 7.56. The van der Waals surface area contributed by atoms with Gasteiger partial charge < -0.3 is 4.57 Å². The minimum absolute atomic E-state index is 0.640. The van der Waals surface area contributed by atoms with Gasteiger partial charge in [-0.1, -0.05) is 158 Å². The number of hydrogen-bond donors (Lipinski definition) is 0. The molecule has 0 aliphatic heterocycles. The molecule has 4 heteroatoms. The molecule has 51 heavy (non-hydrogen) atoms. The summed E-state index contributed by atoms with van der Waals surface area (Å²) in [7, 11) is 0. The number of fused-ring (bicyclic) bond motifs is 6. The van der Waals surface area contributed by atoms with Crippen molar-refractivity contribution < 1.29 is 0 Å². The first-order chi connectivity index (χ1) is 25.3. The van der Waals surface area contributed by atoms with Gasteiger partial charge in [-0.3, -0.25) is 0 Å². The number of benzene rings is 8. The van der Waals surface area contributed by atoms with E-state index in [1.165, 1.54) is 27.4 Å². The van der Waals surface area contributed by atoms with Crippen molar-refractivity contribution >= 4 is 43.4 Å². The average Bonchev–Trinajstić information content (AvgIpc) is 3.56. The van der Waals surface area contributed by atoms with Crippen molar-refractivity contribution in [1.82, 2.24) is 19.5 Å².